The van der Waals surface area contributed by atoms with Gasteiger partial charge >= 0.3 is 0 Å². The lowest BCUT2D eigenvalue weighted by Gasteiger charge is -2.35. The van der Waals surface area contributed by atoms with E-state index < -0.39 is 0 Å². The highest BCUT2D eigenvalue weighted by Crippen LogP contribution is 2.35. The molecule has 2 aliphatic carbocycles. The van der Waals surface area contributed by atoms with Gasteiger partial charge in [0.1, 0.15) is 0 Å². The van der Waals surface area contributed by atoms with Gasteiger partial charge in [-0.3, -0.25) is 10.1 Å². The van der Waals surface area contributed by atoms with Crippen molar-refractivity contribution in [3.63, 3.8) is 0 Å². The third-order valence-electron chi connectivity index (χ3n) is 5.41. The van der Waals surface area contributed by atoms with Crippen molar-refractivity contribution < 1.29 is 4.79 Å². The van der Waals surface area contributed by atoms with E-state index in [4.69, 9.17) is 0 Å². The Bertz CT molecular complexity index is 317. The summed E-state index contributed by atoms with van der Waals surface area (Å²) >= 11 is 0. The monoisotopic (exact) mass is 264 g/mol. The molecule has 0 aromatic heterocycles. The lowest BCUT2D eigenvalue weighted by atomic mass is 10.00. The van der Waals surface area contributed by atoms with Gasteiger partial charge in [-0.15, -0.1) is 0 Å². The predicted octanol–water partition coefficient (Wildman–Crippen LogP) is 3.05. The number of carbonyl (C=O) groups excluding carboxylic acids is 1. The van der Waals surface area contributed by atoms with Crippen molar-refractivity contribution in [1.82, 2.24) is 10.2 Å². The Morgan fingerprint density at radius 2 is 1.53 bits per heavy atom. The topological polar surface area (TPSA) is 32.3 Å². The molecule has 1 aliphatic heterocycles. The summed E-state index contributed by atoms with van der Waals surface area (Å²) in [7, 11) is 0. The van der Waals surface area contributed by atoms with E-state index in [1.807, 2.05) is 6.92 Å². The molecule has 3 fully saturated rings. The molecule has 0 radical (unpaired) electrons. The largest absolute Gasteiger partial charge is 0.323 e. The quantitative estimate of drug-likeness (QED) is 0.778. The number of rotatable bonds is 2. The second-order valence-electron chi connectivity index (χ2n) is 6.77. The van der Waals surface area contributed by atoms with Crippen molar-refractivity contribution in [2.45, 2.75) is 89.4 Å². The van der Waals surface area contributed by atoms with Crippen molar-refractivity contribution in [1.29, 1.82) is 0 Å². The second-order valence-corrected chi connectivity index (χ2v) is 6.77. The summed E-state index contributed by atoms with van der Waals surface area (Å²) in [6, 6.07) is 0.548. The molecule has 1 heterocycles. The molecule has 0 spiro atoms. The molecule has 1 N–H and O–H groups in total. The van der Waals surface area contributed by atoms with E-state index in [1.54, 1.807) is 0 Å². The van der Waals surface area contributed by atoms with Crippen LogP contribution in [0, 0.1) is 5.92 Å². The van der Waals surface area contributed by atoms with Gasteiger partial charge in [-0.05, 0) is 38.5 Å². The number of amides is 1. The Morgan fingerprint density at radius 1 is 0.947 bits per heavy atom. The summed E-state index contributed by atoms with van der Waals surface area (Å²) in [5.41, 5.74) is 0. The van der Waals surface area contributed by atoms with Gasteiger partial charge in [0.25, 0.3) is 0 Å². The maximum Gasteiger partial charge on any atom is 0.240 e. The maximum atomic E-state index is 12.5. The van der Waals surface area contributed by atoms with Gasteiger partial charge in [-0.25, -0.2) is 0 Å². The molecule has 3 rings (SSSR count). The van der Waals surface area contributed by atoms with Crippen LogP contribution >= 0.6 is 0 Å². The Labute approximate surface area is 117 Å². The molecule has 1 amide bonds. The number of nitrogens with zero attached hydrogens (tertiary/aromatic N) is 1. The Balaban J connectivity index is 1.75. The summed E-state index contributed by atoms with van der Waals surface area (Å²) in [5.74, 6) is 1.07. The second kappa shape index (κ2) is 5.82. The molecule has 3 nitrogen and oxygen atoms in total. The number of carbonyl (C=O) groups is 1. The molecular weight excluding hydrogens is 236 g/mol. The van der Waals surface area contributed by atoms with Gasteiger partial charge in [-0.1, -0.05) is 38.5 Å². The molecule has 19 heavy (non-hydrogen) atoms. The summed E-state index contributed by atoms with van der Waals surface area (Å²) in [4.78, 5) is 14.8. The van der Waals surface area contributed by atoms with Crippen molar-refractivity contribution in [3.05, 3.63) is 0 Å². The number of hydrogen-bond donors (Lipinski definition) is 1. The van der Waals surface area contributed by atoms with Crippen LogP contribution in [-0.4, -0.2) is 29.1 Å². The first kappa shape index (κ1) is 13.4. The van der Waals surface area contributed by atoms with E-state index in [0.717, 1.165) is 0 Å². The average Bonchev–Trinajstić information content (AvgIpc) is 2.93. The fourth-order valence-corrected chi connectivity index (χ4v) is 4.35. The van der Waals surface area contributed by atoms with Crippen LogP contribution in [0.3, 0.4) is 0 Å². The van der Waals surface area contributed by atoms with Crippen LogP contribution in [0.5, 0.6) is 0 Å². The van der Waals surface area contributed by atoms with E-state index in [0.29, 0.717) is 24.0 Å². The van der Waals surface area contributed by atoms with Crippen LogP contribution in [-0.2, 0) is 4.79 Å². The van der Waals surface area contributed by atoms with Crippen LogP contribution in [0.4, 0.5) is 0 Å². The Hall–Kier alpha value is -0.570. The smallest absolute Gasteiger partial charge is 0.240 e. The first-order valence-corrected chi connectivity index (χ1v) is 8.35. The maximum absolute atomic E-state index is 12.5. The molecule has 3 aliphatic rings. The number of hydrogen-bond acceptors (Lipinski definition) is 2. The first-order valence-electron chi connectivity index (χ1n) is 8.35. The molecule has 108 valence electrons. The minimum absolute atomic E-state index is 0.0360. The van der Waals surface area contributed by atoms with Crippen LogP contribution < -0.4 is 5.32 Å². The van der Waals surface area contributed by atoms with Crippen LogP contribution in [0.15, 0.2) is 0 Å². The lowest BCUT2D eigenvalue weighted by molar-refractivity contribution is -0.133. The number of nitrogens with one attached hydrogen (secondary N) is 1. The molecule has 2 saturated carbocycles. The van der Waals surface area contributed by atoms with Gasteiger partial charge in [0.2, 0.25) is 5.91 Å². The molecule has 0 aromatic carbocycles. The third kappa shape index (κ3) is 2.67. The molecule has 1 saturated heterocycles. The molecule has 0 aromatic rings. The van der Waals surface area contributed by atoms with Crippen molar-refractivity contribution in [2.75, 3.05) is 0 Å². The Kier molecular flexibility index (Phi) is 4.11. The minimum Gasteiger partial charge on any atom is -0.323 e. The van der Waals surface area contributed by atoms with Crippen LogP contribution in [0.25, 0.3) is 0 Å². The molecule has 3 heteroatoms. The first-order chi connectivity index (χ1) is 9.27. The lowest BCUT2D eigenvalue weighted by Crippen LogP contribution is -2.48. The average molecular weight is 264 g/mol. The van der Waals surface area contributed by atoms with E-state index >= 15 is 0 Å². The summed E-state index contributed by atoms with van der Waals surface area (Å²) < 4.78 is 0. The third-order valence-corrected chi connectivity index (χ3v) is 5.41. The summed E-state index contributed by atoms with van der Waals surface area (Å²) in [5, 5.41) is 3.59. The van der Waals surface area contributed by atoms with Crippen molar-refractivity contribution in [2.24, 2.45) is 5.92 Å². The zero-order valence-electron chi connectivity index (χ0n) is 12.2. The normalized spacial score (nSPS) is 35.0. The van der Waals surface area contributed by atoms with Gasteiger partial charge in [0, 0.05) is 6.04 Å². The van der Waals surface area contributed by atoms with Gasteiger partial charge in [-0.2, -0.15) is 0 Å². The van der Waals surface area contributed by atoms with Gasteiger partial charge in [0.15, 0.2) is 0 Å². The Morgan fingerprint density at radius 3 is 2.16 bits per heavy atom. The van der Waals surface area contributed by atoms with E-state index in [2.05, 4.69) is 10.2 Å². The standard InChI is InChI=1S/C16H28N2O/c1-12-16(19)18(14-10-4-2-3-5-11-14)15(17-12)13-8-6-7-9-13/h12-15,17H,2-11H2,1H3. The fourth-order valence-electron chi connectivity index (χ4n) is 4.35. The molecule has 2 atom stereocenters. The van der Waals surface area contributed by atoms with E-state index in [1.165, 1.54) is 64.2 Å². The predicted molar refractivity (Wildman–Crippen MR) is 76.7 cm³/mol. The summed E-state index contributed by atoms with van der Waals surface area (Å²) in [6.07, 6.45) is 13.4. The van der Waals surface area contributed by atoms with Crippen LogP contribution in [0.1, 0.15) is 71.1 Å². The SMILES string of the molecule is CC1NC(C2CCCC2)N(C2CCCCCC2)C1=O. The summed E-state index contributed by atoms with van der Waals surface area (Å²) in [6.45, 7) is 2.04. The highest BCUT2D eigenvalue weighted by Gasteiger charge is 2.44. The van der Waals surface area contributed by atoms with E-state index in [9.17, 15) is 4.79 Å². The van der Waals surface area contributed by atoms with E-state index in [-0.39, 0.29) is 6.04 Å². The zero-order chi connectivity index (χ0) is 13.2. The zero-order valence-corrected chi connectivity index (χ0v) is 12.2. The minimum atomic E-state index is 0.0360. The molecule has 0 bridgehead atoms. The fraction of sp³-hybridized carbons (Fsp3) is 0.938. The van der Waals surface area contributed by atoms with Crippen LogP contribution in [0.2, 0.25) is 0 Å². The molecular formula is C16H28N2O. The van der Waals surface area contributed by atoms with Crippen molar-refractivity contribution in [3.8, 4) is 0 Å². The van der Waals surface area contributed by atoms with Gasteiger partial charge in [0.05, 0.1) is 12.2 Å². The molecule has 2 unspecified atom stereocenters. The van der Waals surface area contributed by atoms with Crippen molar-refractivity contribution >= 4 is 5.91 Å². The highest BCUT2D eigenvalue weighted by molar-refractivity contribution is 5.84. The highest BCUT2D eigenvalue weighted by atomic mass is 16.2. The van der Waals surface area contributed by atoms with Gasteiger partial charge < -0.3 is 4.90 Å².